The summed E-state index contributed by atoms with van der Waals surface area (Å²) in [5.74, 6) is 1.27. The normalized spacial score (nSPS) is 43.2. The molecule has 0 unspecified atom stereocenters. The fourth-order valence-corrected chi connectivity index (χ4v) is 4.33. The first-order chi connectivity index (χ1) is 8.72. The van der Waals surface area contributed by atoms with E-state index in [1.807, 2.05) is 13.8 Å². The summed E-state index contributed by atoms with van der Waals surface area (Å²) in [4.78, 5) is 2.92. The second kappa shape index (κ2) is 3.69. The molecule has 0 spiro atoms. The van der Waals surface area contributed by atoms with Crippen LogP contribution in [0.2, 0.25) is 0 Å². The van der Waals surface area contributed by atoms with Crippen LogP contribution in [-0.4, -0.2) is 24.3 Å². The Morgan fingerprint density at radius 1 is 1.32 bits per heavy atom. The van der Waals surface area contributed by atoms with Crippen LogP contribution in [0.3, 0.4) is 0 Å². The van der Waals surface area contributed by atoms with Gasteiger partial charge in [0.05, 0.1) is 17.1 Å². The highest BCUT2D eigenvalue weighted by Crippen LogP contribution is 2.66. The zero-order valence-corrected chi connectivity index (χ0v) is 12.4. The topological polar surface area (TPSA) is 67.2 Å². The van der Waals surface area contributed by atoms with Gasteiger partial charge in [-0.2, -0.15) is 0 Å². The van der Waals surface area contributed by atoms with E-state index in [1.54, 1.807) is 0 Å². The van der Waals surface area contributed by atoms with Crippen LogP contribution in [0, 0.1) is 17.3 Å². The molecule has 1 heterocycles. The number of nitrogens with zero attached hydrogens (tertiary/aromatic N) is 3. The fourth-order valence-electron chi connectivity index (χ4n) is 4.33. The average molecular weight is 263 g/mol. The minimum Gasteiger partial charge on any atom is -0.405 e. The smallest absolute Gasteiger partial charge is 0.405 e. The molecular weight excluding hydrogens is 241 g/mol. The van der Waals surface area contributed by atoms with Crippen molar-refractivity contribution in [3.8, 4) is 0 Å². The van der Waals surface area contributed by atoms with Crippen molar-refractivity contribution in [3.05, 3.63) is 10.4 Å². The quantitative estimate of drug-likeness (QED) is 0.332. The Labute approximate surface area is 114 Å². The molecule has 3 aliphatic carbocycles. The third kappa shape index (κ3) is 1.60. The van der Waals surface area contributed by atoms with Crippen LogP contribution in [0.25, 0.3) is 10.4 Å². The van der Waals surface area contributed by atoms with Crippen molar-refractivity contribution in [1.29, 1.82) is 0 Å². The molecule has 104 valence electrons. The predicted octanol–water partition coefficient (Wildman–Crippen LogP) is 3.34. The van der Waals surface area contributed by atoms with Gasteiger partial charge in [-0.25, -0.2) is 0 Å². The van der Waals surface area contributed by atoms with Crippen molar-refractivity contribution in [3.63, 3.8) is 0 Å². The standard InChI is InChI=1S/C13H22BN3O2/c1-11(2)8-6-9(11)13(5)10(7-8)18-14(19-13)12(3,4)16-17-15/h8-10H,6-7H2,1-5H3/t8-,9-,10+,13-/m0/s1. The van der Waals surface area contributed by atoms with Crippen LogP contribution in [-0.2, 0) is 9.31 Å². The van der Waals surface area contributed by atoms with Gasteiger partial charge in [0, 0.05) is 4.91 Å². The largest absolute Gasteiger partial charge is 0.469 e. The first kappa shape index (κ1) is 13.3. The van der Waals surface area contributed by atoms with Crippen molar-refractivity contribution >= 4 is 7.12 Å². The molecule has 1 aliphatic heterocycles. The molecule has 0 amide bonds. The van der Waals surface area contributed by atoms with Crippen molar-refractivity contribution in [2.45, 2.75) is 64.6 Å². The van der Waals surface area contributed by atoms with E-state index in [9.17, 15) is 0 Å². The van der Waals surface area contributed by atoms with Gasteiger partial charge in [-0.15, -0.1) is 0 Å². The van der Waals surface area contributed by atoms with E-state index in [2.05, 4.69) is 30.8 Å². The van der Waals surface area contributed by atoms with Crippen molar-refractivity contribution in [2.24, 2.45) is 22.4 Å². The maximum atomic E-state index is 8.68. The van der Waals surface area contributed by atoms with Gasteiger partial charge < -0.3 is 9.31 Å². The second-order valence-corrected chi connectivity index (χ2v) is 7.64. The minimum atomic E-state index is -0.663. The summed E-state index contributed by atoms with van der Waals surface area (Å²) < 4.78 is 12.4. The lowest BCUT2D eigenvalue weighted by molar-refractivity contribution is -0.199. The summed E-state index contributed by atoms with van der Waals surface area (Å²) in [7, 11) is -0.437. The Hall–Kier alpha value is -0.705. The molecule has 0 aromatic heterocycles. The highest BCUT2D eigenvalue weighted by atomic mass is 16.7. The highest BCUT2D eigenvalue weighted by Gasteiger charge is 2.69. The number of hydrogen-bond donors (Lipinski definition) is 0. The Kier molecular flexibility index (Phi) is 2.58. The predicted molar refractivity (Wildman–Crippen MR) is 73.3 cm³/mol. The van der Waals surface area contributed by atoms with E-state index in [4.69, 9.17) is 14.8 Å². The molecule has 4 fully saturated rings. The van der Waals surface area contributed by atoms with E-state index in [-0.39, 0.29) is 11.7 Å². The summed E-state index contributed by atoms with van der Waals surface area (Å²) in [5.41, 5.74) is 8.12. The molecule has 5 nitrogen and oxygen atoms in total. The van der Waals surface area contributed by atoms with Crippen LogP contribution >= 0.6 is 0 Å². The highest BCUT2D eigenvalue weighted by molar-refractivity contribution is 6.49. The van der Waals surface area contributed by atoms with Crippen molar-refractivity contribution in [1.82, 2.24) is 0 Å². The molecular formula is C13H22BN3O2. The van der Waals surface area contributed by atoms with Gasteiger partial charge in [-0.1, -0.05) is 32.8 Å². The van der Waals surface area contributed by atoms with E-state index in [0.717, 1.165) is 12.3 Å². The third-order valence-electron chi connectivity index (χ3n) is 5.83. The number of azide groups is 1. The Morgan fingerprint density at radius 2 is 2.00 bits per heavy atom. The van der Waals surface area contributed by atoms with E-state index in [1.165, 1.54) is 6.42 Å². The van der Waals surface area contributed by atoms with Crippen molar-refractivity contribution in [2.75, 3.05) is 0 Å². The zero-order chi connectivity index (χ0) is 14.1. The maximum Gasteiger partial charge on any atom is 0.469 e. The summed E-state index contributed by atoms with van der Waals surface area (Å²) in [5, 5.41) is 3.83. The van der Waals surface area contributed by atoms with Gasteiger partial charge in [-0.3, -0.25) is 0 Å². The lowest BCUT2D eigenvalue weighted by Crippen LogP contribution is -2.65. The number of rotatable bonds is 2. The van der Waals surface area contributed by atoms with Gasteiger partial charge in [0.2, 0.25) is 0 Å². The Morgan fingerprint density at radius 3 is 2.58 bits per heavy atom. The molecule has 4 rings (SSSR count). The minimum absolute atomic E-state index is 0.141. The summed E-state index contributed by atoms with van der Waals surface area (Å²) in [6.07, 6.45) is 2.43. The molecule has 0 aromatic rings. The fraction of sp³-hybridized carbons (Fsp3) is 1.00. The lowest BCUT2D eigenvalue weighted by atomic mass is 9.43. The Bertz CT molecular complexity index is 461. The molecule has 4 atom stereocenters. The first-order valence-electron chi connectivity index (χ1n) is 7.11. The van der Waals surface area contributed by atoms with Crippen LogP contribution in [0.5, 0.6) is 0 Å². The van der Waals surface area contributed by atoms with E-state index in [0.29, 0.717) is 11.3 Å². The van der Waals surface area contributed by atoms with Gasteiger partial charge in [0.25, 0.3) is 0 Å². The van der Waals surface area contributed by atoms with Crippen LogP contribution in [0.1, 0.15) is 47.5 Å². The second-order valence-electron chi connectivity index (χ2n) is 7.64. The molecule has 0 radical (unpaired) electrons. The van der Waals surface area contributed by atoms with Gasteiger partial charge in [0.15, 0.2) is 0 Å². The molecule has 6 heteroatoms. The molecule has 0 aromatic carbocycles. The monoisotopic (exact) mass is 263 g/mol. The van der Waals surface area contributed by atoms with E-state index >= 15 is 0 Å². The van der Waals surface area contributed by atoms with Gasteiger partial charge >= 0.3 is 7.12 Å². The van der Waals surface area contributed by atoms with Crippen LogP contribution in [0.4, 0.5) is 0 Å². The van der Waals surface area contributed by atoms with Crippen LogP contribution < -0.4 is 0 Å². The average Bonchev–Trinajstić information content (AvgIpc) is 2.66. The number of hydrogen-bond acceptors (Lipinski definition) is 3. The molecule has 3 saturated carbocycles. The molecule has 0 N–H and O–H groups in total. The lowest BCUT2D eigenvalue weighted by Gasteiger charge is -2.64. The Balaban J connectivity index is 1.87. The van der Waals surface area contributed by atoms with Gasteiger partial charge in [0.1, 0.15) is 0 Å². The summed E-state index contributed by atoms with van der Waals surface area (Å²) in [6, 6.07) is 0. The molecule has 1 saturated heterocycles. The van der Waals surface area contributed by atoms with Gasteiger partial charge in [-0.05, 0) is 42.5 Å². The molecule has 2 bridgehead atoms. The maximum absolute atomic E-state index is 8.68. The molecule has 19 heavy (non-hydrogen) atoms. The van der Waals surface area contributed by atoms with Crippen LogP contribution in [0.15, 0.2) is 5.11 Å². The third-order valence-corrected chi connectivity index (χ3v) is 5.83. The summed E-state index contributed by atoms with van der Waals surface area (Å²) in [6.45, 7) is 10.6. The molecule has 4 aliphatic rings. The summed E-state index contributed by atoms with van der Waals surface area (Å²) >= 11 is 0. The SMILES string of the molecule is CC(C)(N=[N+]=[N-])B1O[C@@H]2C[C@@H]3C[C@@H](C3(C)C)[C@]2(C)O1. The van der Waals surface area contributed by atoms with Crippen molar-refractivity contribution < 1.29 is 9.31 Å². The first-order valence-corrected chi connectivity index (χ1v) is 7.11. The van der Waals surface area contributed by atoms with E-state index < -0.39 is 12.6 Å². The zero-order valence-electron chi connectivity index (χ0n) is 12.4.